The van der Waals surface area contributed by atoms with Crippen LogP contribution >= 0.6 is 0 Å². The van der Waals surface area contributed by atoms with Gasteiger partial charge in [-0.2, -0.15) is 18.4 Å². The molecule has 5 aliphatic heterocycles. The van der Waals surface area contributed by atoms with E-state index in [1.54, 1.807) is 41.4 Å². The van der Waals surface area contributed by atoms with Gasteiger partial charge in [-0.25, -0.2) is 4.98 Å². The Morgan fingerprint density at radius 1 is 0.803 bits per heavy atom. The molecule has 4 fully saturated rings. The minimum Gasteiger partial charge on any atom is -0.489 e. The van der Waals surface area contributed by atoms with Gasteiger partial charge in [0, 0.05) is 89.2 Å². The first-order valence-electron chi connectivity index (χ1n) is 20.7. The van der Waals surface area contributed by atoms with Crippen molar-refractivity contribution >= 4 is 46.7 Å². The van der Waals surface area contributed by atoms with Crippen LogP contribution in [-0.4, -0.2) is 127 Å². The molecule has 0 aliphatic carbocycles. The zero-order valence-electron chi connectivity index (χ0n) is 33.5. The first-order valence-corrected chi connectivity index (χ1v) is 20.7. The van der Waals surface area contributed by atoms with Crippen LogP contribution in [0, 0.1) is 17.2 Å². The molecule has 0 spiro atoms. The lowest BCUT2D eigenvalue weighted by atomic mass is 9.95. The van der Waals surface area contributed by atoms with E-state index in [4.69, 9.17) is 10.00 Å². The van der Waals surface area contributed by atoms with Gasteiger partial charge in [-0.1, -0.05) is 0 Å². The molecule has 2 N–H and O–H groups in total. The van der Waals surface area contributed by atoms with Gasteiger partial charge in [0.05, 0.1) is 34.5 Å². The van der Waals surface area contributed by atoms with Crippen LogP contribution in [0.15, 0.2) is 54.7 Å². The minimum atomic E-state index is -4.63. The number of fused-ring (bicyclic) bond motifs is 1. The third-order valence-electron chi connectivity index (χ3n) is 12.4. The number of alkyl halides is 3. The van der Waals surface area contributed by atoms with Crippen LogP contribution in [0.3, 0.4) is 0 Å². The Balaban J connectivity index is 0.728. The van der Waals surface area contributed by atoms with E-state index < -0.39 is 47.0 Å². The fraction of sp³-hybridized carbons (Fsp3) is 0.465. The van der Waals surface area contributed by atoms with Crippen molar-refractivity contribution in [2.75, 3.05) is 80.6 Å². The van der Waals surface area contributed by atoms with Crippen molar-refractivity contribution in [1.82, 2.24) is 25.0 Å². The molecule has 5 amide bonds. The van der Waals surface area contributed by atoms with Gasteiger partial charge >= 0.3 is 6.18 Å². The molecular formula is C43H46F3N9O6. The van der Waals surface area contributed by atoms with E-state index in [-0.39, 0.29) is 41.9 Å². The Morgan fingerprint density at radius 2 is 1.46 bits per heavy atom. The predicted molar refractivity (Wildman–Crippen MR) is 216 cm³/mol. The number of anilines is 3. The maximum Gasteiger partial charge on any atom is 0.417 e. The summed E-state index contributed by atoms with van der Waals surface area (Å²) >= 11 is 0. The number of carbonyl (C=O) groups excluding carboxylic acids is 5. The second-order valence-corrected chi connectivity index (χ2v) is 16.1. The summed E-state index contributed by atoms with van der Waals surface area (Å²) in [6.45, 7) is 7.70. The number of piperidine rings is 3. The molecule has 0 bridgehead atoms. The van der Waals surface area contributed by atoms with E-state index in [0.29, 0.717) is 43.2 Å². The van der Waals surface area contributed by atoms with Gasteiger partial charge in [0.15, 0.2) is 0 Å². The second-order valence-electron chi connectivity index (χ2n) is 16.1. The van der Waals surface area contributed by atoms with Crippen molar-refractivity contribution in [1.29, 1.82) is 5.26 Å². The van der Waals surface area contributed by atoms with E-state index in [1.807, 2.05) is 6.07 Å². The standard InChI is InChI=1S/C43H46F3N9O6/c44-43(45,46)35-24-30(2-1-28(35)25-47)53-15-9-27(10-16-53)39(57)49-37-7-4-32(26-48-37)61-31-11-13-51(14-12-31)17-18-52-19-21-54(22-20-52)29-3-5-33-34(23-29)42(60)55(41(33)59)36-6-8-38(56)50-40(36)58/h1-5,7,23-24,26-27,31,36H,6,8-22H2,(H,48,49,57)(H,50,56,58). The molecule has 1 unspecified atom stereocenters. The van der Waals surface area contributed by atoms with Crippen LogP contribution in [-0.2, 0) is 20.6 Å². The number of piperazine rings is 1. The molecule has 1 aromatic heterocycles. The normalized spacial score (nSPS) is 21.0. The molecule has 2 aromatic carbocycles. The highest BCUT2D eigenvalue weighted by atomic mass is 19.4. The lowest BCUT2D eigenvalue weighted by Crippen LogP contribution is -2.54. The average molecular weight is 842 g/mol. The van der Waals surface area contributed by atoms with E-state index in [1.165, 1.54) is 12.1 Å². The van der Waals surface area contributed by atoms with Crippen LogP contribution in [0.4, 0.5) is 30.4 Å². The van der Waals surface area contributed by atoms with E-state index in [2.05, 4.69) is 30.3 Å². The summed E-state index contributed by atoms with van der Waals surface area (Å²) in [6, 6.07) is 13.0. The molecular weight excluding hydrogens is 796 g/mol. The van der Waals surface area contributed by atoms with Gasteiger partial charge in [-0.3, -0.25) is 39.1 Å². The fourth-order valence-electron chi connectivity index (χ4n) is 8.82. The molecule has 15 nitrogen and oxygen atoms in total. The van der Waals surface area contributed by atoms with E-state index in [9.17, 15) is 37.1 Å². The number of carbonyl (C=O) groups is 5. The zero-order chi connectivity index (χ0) is 42.8. The van der Waals surface area contributed by atoms with Crippen molar-refractivity contribution in [3.63, 3.8) is 0 Å². The van der Waals surface area contributed by atoms with Gasteiger partial charge < -0.3 is 24.8 Å². The molecule has 0 radical (unpaired) electrons. The van der Waals surface area contributed by atoms with Crippen molar-refractivity contribution in [2.45, 2.75) is 56.8 Å². The Labute approximate surface area is 350 Å². The van der Waals surface area contributed by atoms with Crippen molar-refractivity contribution in [3.05, 3.63) is 77.0 Å². The number of nitrogens with one attached hydrogen (secondary N) is 2. The zero-order valence-corrected chi connectivity index (χ0v) is 33.5. The summed E-state index contributed by atoms with van der Waals surface area (Å²) in [5.41, 5.74) is 0.408. The number of nitrogens with zero attached hydrogens (tertiary/aromatic N) is 7. The number of hydrogen-bond acceptors (Lipinski definition) is 12. The molecule has 3 aromatic rings. The molecule has 6 heterocycles. The van der Waals surface area contributed by atoms with Gasteiger partial charge in [-0.15, -0.1) is 0 Å². The molecule has 0 saturated carbocycles. The molecule has 18 heteroatoms. The quantitative estimate of drug-likeness (QED) is 0.283. The highest BCUT2D eigenvalue weighted by Crippen LogP contribution is 2.36. The van der Waals surface area contributed by atoms with Crippen LogP contribution in [0.1, 0.15) is 70.4 Å². The van der Waals surface area contributed by atoms with E-state index in [0.717, 1.165) is 81.9 Å². The maximum atomic E-state index is 13.5. The first-order chi connectivity index (χ1) is 29.3. The lowest BCUT2D eigenvalue weighted by molar-refractivity contribution is -0.138. The average Bonchev–Trinajstić information content (AvgIpc) is 3.51. The number of ether oxygens (including phenoxy) is 1. The SMILES string of the molecule is N#Cc1ccc(N2CCC(C(=O)Nc3ccc(OC4CCN(CCN5CCN(c6ccc7c(c6)C(=O)N(C6CCC(=O)NC6=O)C7=O)CC5)CC4)cn3)CC2)cc1C(F)(F)F. The largest absolute Gasteiger partial charge is 0.489 e. The fourth-order valence-corrected chi connectivity index (χ4v) is 8.82. The van der Waals surface area contributed by atoms with Gasteiger partial charge in [0.1, 0.15) is 23.7 Å². The summed E-state index contributed by atoms with van der Waals surface area (Å²) in [5.74, 6) is -1.54. The van der Waals surface area contributed by atoms with Crippen molar-refractivity contribution in [3.8, 4) is 11.8 Å². The monoisotopic (exact) mass is 841 g/mol. The molecule has 1 atom stereocenters. The number of nitriles is 1. The number of amides is 5. The van der Waals surface area contributed by atoms with Crippen LogP contribution in [0.5, 0.6) is 5.75 Å². The summed E-state index contributed by atoms with van der Waals surface area (Å²) in [4.78, 5) is 77.7. The summed E-state index contributed by atoms with van der Waals surface area (Å²) in [5, 5.41) is 14.2. The first kappa shape index (κ1) is 41.7. The predicted octanol–water partition coefficient (Wildman–Crippen LogP) is 3.89. The van der Waals surface area contributed by atoms with Crippen LogP contribution in [0.25, 0.3) is 0 Å². The smallest absolute Gasteiger partial charge is 0.417 e. The third-order valence-corrected chi connectivity index (χ3v) is 12.4. The number of aromatic nitrogens is 1. The Bertz CT molecular complexity index is 2220. The lowest BCUT2D eigenvalue weighted by Gasteiger charge is -2.38. The number of likely N-dealkylation sites (tertiary alicyclic amines) is 1. The van der Waals surface area contributed by atoms with Crippen LogP contribution < -0.4 is 25.2 Å². The molecule has 61 heavy (non-hydrogen) atoms. The number of pyridine rings is 1. The van der Waals surface area contributed by atoms with Gasteiger partial charge in [0.2, 0.25) is 17.7 Å². The summed E-state index contributed by atoms with van der Waals surface area (Å²) in [7, 11) is 0. The van der Waals surface area contributed by atoms with Gasteiger partial charge in [0.25, 0.3) is 11.8 Å². The number of benzene rings is 2. The molecule has 5 aliphatic rings. The summed E-state index contributed by atoms with van der Waals surface area (Å²) in [6.07, 6.45) is -0.132. The van der Waals surface area contributed by atoms with Crippen LogP contribution in [0.2, 0.25) is 0 Å². The maximum absolute atomic E-state index is 13.5. The minimum absolute atomic E-state index is 0.0427. The molecule has 8 rings (SSSR count). The van der Waals surface area contributed by atoms with Gasteiger partial charge in [-0.05, 0) is 80.6 Å². The molecule has 4 saturated heterocycles. The van der Waals surface area contributed by atoms with E-state index >= 15 is 0 Å². The third kappa shape index (κ3) is 9.17. The number of rotatable bonds is 10. The van der Waals surface area contributed by atoms with Crippen molar-refractivity contribution < 1.29 is 41.9 Å². The number of halogens is 3. The highest BCUT2D eigenvalue weighted by Gasteiger charge is 2.45. The highest BCUT2D eigenvalue weighted by molar-refractivity contribution is 6.23. The number of imide groups is 2. The summed E-state index contributed by atoms with van der Waals surface area (Å²) < 4.78 is 46.6. The Hall–Kier alpha value is -6.06. The topological polar surface area (TPSA) is 172 Å². The Kier molecular flexibility index (Phi) is 12.0. The number of hydrogen-bond donors (Lipinski definition) is 2. The second kappa shape index (κ2) is 17.5. The van der Waals surface area contributed by atoms with Crippen molar-refractivity contribution in [2.24, 2.45) is 5.92 Å². The Morgan fingerprint density at radius 3 is 2.11 bits per heavy atom. The molecule has 320 valence electrons.